The SMILES string of the molecule is CC(C)(C)c1ccc(-c2ccc3c(c2)C(C)(O)c2cc(-c4ccc(C(C)(C)C)cc4)ccc2-3)cc1. The molecule has 1 aliphatic carbocycles. The summed E-state index contributed by atoms with van der Waals surface area (Å²) in [7, 11) is 0. The lowest BCUT2D eigenvalue weighted by Crippen LogP contribution is -2.19. The van der Waals surface area contributed by atoms with Crippen molar-refractivity contribution >= 4 is 0 Å². The molecule has 0 saturated heterocycles. The normalized spacial score (nSPS) is 14.5. The van der Waals surface area contributed by atoms with E-state index in [9.17, 15) is 5.11 Å². The monoisotopic (exact) mass is 460 g/mol. The van der Waals surface area contributed by atoms with Gasteiger partial charge in [0.05, 0.1) is 0 Å². The van der Waals surface area contributed by atoms with Crippen LogP contribution in [0.1, 0.15) is 70.7 Å². The van der Waals surface area contributed by atoms with Crippen molar-refractivity contribution in [1.29, 1.82) is 0 Å². The zero-order chi connectivity index (χ0) is 25.2. The van der Waals surface area contributed by atoms with E-state index in [1.54, 1.807) is 0 Å². The Morgan fingerprint density at radius 2 is 0.800 bits per heavy atom. The van der Waals surface area contributed by atoms with E-state index >= 15 is 0 Å². The van der Waals surface area contributed by atoms with Gasteiger partial charge in [0.25, 0.3) is 0 Å². The first-order valence-electron chi connectivity index (χ1n) is 12.6. The molecule has 0 fully saturated rings. The van der Waals surface area contributed by atoms with E-state index in [0.29, 0.717) is 0 Å². The van der Waals surface area contributed by atoms with Gasteiger partial charge in [-0.25, -0.2) is 0 Å². The van der Waals surface area contributed by atoms with Crippen LogP contribution < -0.4 is 0 Å². The van der Waals surface area contributed by atoms with Crippen LogP contribution >= 0.6 is 0 Å². The van der Waals surface area contributed by atoms with Crippen LogP contribution in [0.4, 0.5) is 0 Å². The molecular weight excluding hydrogens is 424 g/mol. The fourth-order valence-corrected chi connectivity index (χ4v) is 5.19. The molecule has 0 amide bonds. The first-order chi connectivity index (χ1) is 16.4. The van der Waals surface area contributed by atoms with Crippen LogP contribution in [-0.4, -0.2) is 5.11 Å². The number of rotatable bonds is 2. The van der Waals surface area contributed by atoms with Crippen molar-refractivity contribution in [2.75, 3.05) is 0 Å². The van der Waals surface area contributed by atoms with Crippen LogP contribution in [0.15, 0.2) is 84.9 Å². The van der Waals surface area contributed by atoms with Gasteiger partial charge < -0.3 is 5.11 Å². The highest BCUT2D eigenvalue weighted by Crippen LogP contribution is 2.49. The minimum absolute atomic E-state index is 0.132. The molecule has 4 aromatic carbocycles. The van der Waals surface area contributed by atoms with Crippen molar-refractivity contribution in [3.8, 4) is 33.4 Å². The Bertz CT molecular complexity index is 1280. The molecule has 0 aliphatic heterocycles. The molecule has 0 unspecified atom stereocenters. The van der Waals surface area contributed by atoms with Crippen LogP contribution in [0.2, 0.25) is 0 Å². The number of benzene rings is 4. The molecule has 0 radical (unpaired) electrons. The van der Waals surface area contributed by atoms with Crippen LogP contribution in [0.3, 0.4) is 0 Å². The highest BCUT2D eigenvalue weighted by atomic mass is 16.3. The summed E-state index contributed by atoms with van der Waals surface area (Å²) in [4.78, 5) is 0. The summed E-state index contributed by atoms with van der Waals surface area (Å²) in [6.45, 7) is 15.3. The Morgan fingerprint density at radius 1 is 0.486 bits per heavy atom. The molecule has 1 nitrogen and oxygen atoms in total. The maximum absolute atomic E-state index is 11.7. The second-order valence-electron chi connectivity index (χ2n) is 12.2. The fraction of sp³-hybridized carbons (Fsp3) is 0.294. The topological polar surface area (TPSA) is 20.2 Å². The van der Waals surface area contributed by atoms with E-state index in [2.05, 4.69) is 126 Å². The molecule has 5 rings (SSSR count). The van der Waals surface area contributed by atoms with E-state index in [-0.39, 0.29) is 10.8 Å². The zero-order valence-corrected chi connectivity index (χ0v) is 22.0. The van der Waals surface area contributed by atoms with Gasteiger partial charge >= 0.3 is 0 Å². The Labute approximate surface area is 210 Å². The van der Waals surface area contributed by atoms with Crippen molar-refractivity contribution in [3.63, 3.8) is 0 Å². The lowest BCUT2D eigenvalue weighted by atomic mass is 9.85. The van der Waals surface area contributed by atoms with Crippen LogP contribution in [0.25, 0.3) is 33.4 Å². The number of aliphatic hydroxyl groups is 1. The van der Waals surface area contributed by atoms with Crippen LogP contribution in [0, 0.1) is 0 Å². The maximum Gasteiger partial charge on any atom is 0.113 e. The molecule has 0 saturated carbocycles. The van der Waals surface area contributed by atoms with Gasteiger partial charge in [-0.1, -0.05) is 114 Å². The molecule has 35 heavy (non-hydrogen) atoms. The summed E-state index contributed by atoms with van der Waals surface area (Å²) in [6.07, 6.45) is 0. The minimum atomic E-state index is -1.03. The van der Waals surface area contributed by atoms with Gasteiger partial charge in [-0.2, -0.15) is 0 Å². The number of hydrogen-bond acceptors (Lipinski definition) is 1. The van der Waals surface area contributed by atoms with E-state index in [1.807, 2.05) is 6.92 Å². The first kappa shape index (κ1) is 23.6. The molecule has 1 aliphatic rings. The average molecular weight is 461 g/mol. The molecule has 0 atom stereocenters. The summed E-state index contributed by atoms with van der Waals surface area (Å²) < 4.78 is 0. The molecule has 0 heterocycles. The van der Waals surface area contributed by atoms with Gasteiger partial charge in [-0.15, -0.1) is 0 Å². The highest BCUT2D eigenvalue weighted by molar-refractivity contribution is 5.85. The third-order valence-corrected chi connectivity index (χ3v) is 7.55. The summed E-state index contributed by atoms with van der Waals surface area (Å²) in [6, 6.07) is 30.6. The van der Waals surface area contributed by atoms with Crippen molar-refractivity contribution in [3.05, 3.63) is 107 Å². The van der Waals surface area contributed by atoms with Gasteiger partial charge in [-0.05, 0) is 85.5 Å². The smallest absolute Gasteiger partial charge is 0.113 e. The standard InChI is InChI=1S/C34H36O/c1-32(2,3)26-14-8-22(9-15-26)24-12-18-28-29-19-13-25(21-31(29)34(7,35)30(28)20-24)23-10-16-27(17-11-23)33(4,5)6/h8-21,35H,1-7H3. The van der Waals surface area contributed by atoms with E-state index in [1.165, 1.54) is 22.3 Å². The Kier molecular flexibility index (Phi) is 5.34. The van der Waals surface area contributed by atoms with Crippen molar-refractivity contribution in [1.82, 2.24) is 0 Å². The van der Waals surface area contributed by atoms with Gasteiger partial charge in [0, 0.05) is 0 Å². The predicted molar refractivity (Wildman–Crippen MR) is 149 cm³/mol. The van der Waals surface area contributed by atoms with E-state index in [0.717, 1.165) is 33.4 Å². The largest absolute Gasteiger partial charge is 0.381 e. The van der Waals surface area contributed by atoms with Crippen LogP contribution in [0.5, 0.6) is 0 Å². The summed E-state index contributed by atoms with van der Waals surface area (Å²) in [5, 5.41) is 11.7. The number of fused-ring (bicyclic) bond motifs is 3. The molecule has 4 aromatic rings. The molecule has 1 heteroatoms. The molecule has 1 N–H and O–H groups in total. The quantitative estimate of drug-likeness (QED) is 0.317. The molecule has 0 bridgehead atoms. The summed E-state index contributed by atoms with van der Waals surface area (Å²) >= 11 is 0. The molecule has 178 valence electrons. The maximum atomic E-state index is 11.7. The lowest BCUT2D eigenvalue weighted by Gasteiger charge is -2.22. The minimum Gasteiger partial charge on any atom is -0.381 e. The van der Waals surface area contributed by atoms with Gasteiger partial charge in [0.1, 0.15) is 5.60 Å². The first-order valence-corrected chi connectivity index (χ1v) is 12.6. The number of hydrogen-bond donors (Lipinski definition) is 1. The van der Waals surface area contributed by atoms with Gasteiger partial charge in [0.15, 0.2) is 0 Å². The third-order valence-electron chi connectivity index (χ3n) is 7.55. The second kappa shape index (κ2) is 7.93. The summed E-state index contributed by atoms with van der Waals surface area (Å²) in [5.74, 6) is 0. The molecular formula is C34H36O. The zero-order valence-electron chi connectivity index (χ0n) is 22.0. The van der Waals surface area contributed by atoms with Crippen LogP contribution in [-0.2, 0) is 16.4 Å². The third kappa shape index (κ3) is 4.13. The van der Waals surface area contributed by atoms with Crippen molar-refractivity contribution < 1.29 is 5.11 Å². The average Bonchev–Trinajstić information content (AvgIpc) is 3.04. The second-order valence-corrected chi connectivity index (χ2v) is 12.2. The van der Waals surface area contributed by atoms with Gasteiger partial charge in [-0.3, -0.25) is 0 Å². The Morgan fingerprint density at radius 3 is 1.11 bits per heavy atom. The van der Waals surface area contributed by atoms with Crippen molar-refractivity contribution in [2.24, 2.45) is 0 Å². The molecule has 0 spiro atoms. The summed E-state index contributed by atoms with van der Waals surface area (Å²) in [5.41, 5.74) is 10.7. The van der Waals surface area contributed by atoms with Gasteiger partial charge in [0.2, 0.25) is 0 Å². The predicted octanol–water partition coefficient (Wildman–Crippen LogP) is 8.85. The van der Waals surface area contributed by atoms with Crippen molar-refractivity contribution in [2.45, 2.75) is 64.9 Å². The fourth-order valence-electron chi connectivity index (χ4n) is 5.19. The van der Waals surface area contributed by atoms with E-state index < -0.39 is 5.60 Å². The lowest BCUT2D eigenvalue weighted by molar-refractivity contribution is 0.107. The highest BCUT2D eigenvalue weighted by Gasteiger charge is 2.38. The van der Waals surface area contributed by atoms with E-state index in [4.69, 9.17) is 0 Å². The molecule has 0 aromatic heterocycles. The Hall–Kier alpha value is -3.16. The Balaban J connectivity index is 1.51.